The predicted molar refractivity (Wildman–Crippen MR) is 137 cm³/mol. The fourth-order valence-corrected chi connectivity index (χ4v) is 7.46. The Bertz CT molecular complexity index is 668. The lowest BCUT2D eigenvalue weighted by molar-refractivity contribution is 0.0710. The van der Waals surface area contributed by atoms with Crippen molar-refractivity contribution < 1.29 is 4.74 Å². The van der Waals surface area contributed by atoms with Crippen molar-refractivity contribution in [1.82, 2.24) is 0 Å². The van der Waals surface area contributed by atoms with Crippen LogP contribution in [-0.4, -0.2) is 6.61 Å². The number of unbranched alkanes of at least 4 members (excludes halogenated alkanes) is 3. The van der Waals surface area contributed by atoms with E-state index in [4.69, 9.17) is 4.74 Å². The summed E-state index contributed by atoms with van der Waals surface area (Å²) in [6.45, 7) is 6.65. The van der Waals surface area contributed by atoms with Gasteiger partial charge in [-0.3, -0.25) is 0 Å². The van der Waals surface area contributed by atoms with Crippen LogP contribution in [-0.2, 0) is 0 Å². The van der Waals surface area contributed by atoms with E-state index in [0.717, 1.165) is 41.3 Å². The second kappa shape index (κ2) is 12.3. The van der Waals surface area contributed by atoms with E-state index in [2.05, 4.69) is 37.8 Å². The molecular formula is C31H48O. The molecule has 3 saturated carbocycles. The summed E-state index contributed by atoms with van der Waals surface area (Å²) in [5, 5.41) is 0. The highest BCUT2D eigenvalue weighted by Crippen LogP contribution is 2.51. The second-order valence-corrected chi connectivity index (χ2v) is 11.4. The van der Waals surface area contributed by atoms with Gasteiger partial charge < -0.3 is 4.74 Å². The SMILES string of the molecule is C=CCOc1ccc(C2CCC3CC(C4CCC(CCCCCC)CC4)CCC3C2)cc1. The highest BCUT2D eigenvalue weighted by atomic mass is 16.5. The molecule has 0 amide bonds. The minimum Gasteiger partial charge on any atom is -0.490 e. The molecule has 4 unspecified atom stereocenters. The largest absolute Gasteiger partial charge is 0.490 e. The minimum atomic E-state index is 0.592. The number of fused-ring (bicyclic) bond motifs is 1. The van der Waals surface area contributed by atoms with Gasteiger partial charge in [-0.25, -0.2) is 0 Å². The van der Waals surface area contributed by atoms with E-state index in [1.165, 1.54) is 82.6 Å². The van der Waals surface area contributed by atoms with Crippen LogP contribution in [0, 0.1) is 29.6 Å². The van der Waals surface area contributed by atoms with E-state index in [1.54, 1.807) is 19.3 Å². The lowest BCUT2D eigenvalue weighted by atomic mass is 9.60. The van der Waals surface area contributed by atoms with Crippen molar-refractivity contribution in [2.24, 2.45) is 29.6 Å². The van der Waals surface area contributed by atoms with Gasteiger partial charge in [0.2, 0.25) is 0 Å². The van der Waals surface area contributed by atoms with Gasteiger partial charge in [0.1, 0.15) is 12.4 Å². The van der Waals surface area contributed by atoms with E-state index < -0.39 is 0 Å². The van der Waals surface area contributed by atoms with Gasteiger partial charge >= 0.3 is 0 Å². The molecule has 4 atom stereocenters. The Balaban J connectivity index is 1.20. The molecule has 0 bridgehead atoms. The first-order chi connectivity index (χ1) is 15.8. The summed E-state index contributed by atoms with van der Waals surface area (Å²) in [5.41, 5.74) is 1.54. The Kier molecular flexibility index (Phi) is 9.18. The quantitative estimate of drug-likeness (QED) is 0.262. The van der Waals surface area contributed by atoms with Crippen LogP contribution in [0.1, 0.15) is 115 Å². The first-order valence-electron chi connectivity index (χ1n) is 14.1. The summed E-state index contributed by atoms with van der Waals surface area (Å²) in [4.78, 5) is 0. The monoisotopic (exact) mass is 436 g/mol. The Morgan fingerprint density at radius 1 is 0.781 bits per heavy atom. The van der Waals surface area contributed by atoms with Crippen LogP contribution < -0.4 is 4.74 Å². The maximum Gasteiger partial charge on any atom is 0.119 e. The maximum atomic E-state index is 5.67. The molecule has 4 rings (SSSR count). The van der Waals surface area contributed by atoms with Gasteiger partial charge in [0.15, 0.2) is 0 Å². The van der Waals surface area contributed by atoms with E-state index in [-0.39, 0.29) is 0 Å². The smallest absolute Gasteiger partial charge is 0.119 e. The summed E-state index contributed by atoms with van der Waals surface area (Å²) >= 11 is 0. The molecule has 3 fully saturated rings. The zero-order valence-corrected chi connectivity index (χ0v) is 20.8. The van der Waals surface area contributed by atoms with Gasteiger partial charge in [0.25, 0.3) is 0 Å². The lowest BCUT2D eigenvalue weighted by Crippen LogP contribution is -2.34. The molecular weight excluding hydrogens is 388 g/mol. The van der Waals surface area contributed by atoms with Crippen LogP contribution in [0.3, 0.4) is 0 Å². The predicted octanol–water partition coefficient (Wildman–Crippen LogP) is 9.33. The number of rotatable bonds is 10. The molecule has 0 aromatic heterocycles. The first kappa shape index (κ1) is 23.9. The molecule has 0 radical (unpaired) electrons. The summed E-state index contributed by atoms with van der Waals surface area (Å²) < 4.78 is 5.67. The van der Waals surface area contributed by atoms with E-state index in [1.807, 2.05) is 6.08 Å². The number of benzene rings is 1. The molecule has 0 aliphatic heterocycles. The van der Waals surface area contributed by atoms with E-state index in [0.29, 0.717) is 6.61 Å². The van der Waals surface area contributed by atoms with Crippen molar-refractivity contribution >= 4 is 0 Å². The summed E-state index contributed by atoms with van der Waals surface area (Å²) in [6.07, 6.45) is 24.1. The van der Waals surface area contributed by atoms with Crippen molar-refractivity contribution in [2.75, 3.05) is 6.61 Å². The third kappa shape index (κ3) is 6.42. The van der Waals surface area contributed by atoms with Gasteiger partial charge in [-0.05, 0) is 105 Å². The van der Waals surface area contributed by atoms with Crippen molar-refractivity contribution in [2.45, 2.75) is 109 Å². The Morgan fingerprint density at radius 3 is 2.16 bits per heavy atom. The highest BCUT2D eigenvalue weighted by molar-refractivity contribution is 5.30. The fourth-order valence-electron chi connectivity index (χ4n) is 7.46. The summed E-state index contributed by atoms with van der Waals surface area (Å²) in [5.74, 6) is 6.91. The van der Waals surface area contributed by atoms with Crippen LogP contribution in [0.25, 0.3) is 0 Å². The molecule has 0 heterocycles. The molecule has 0 saturated heterocycles. The molecule has 32 heavy (non-hydrogen) atoms. The van der Waals surface area contributed by atoms with E-state index in [9.17, 15) is 0 Å². The normalized spacial score (nSPS) is 32.8. The van der Waals surface area contributed by atoms with Gasteiger partial charge in [-0.2, -0.15) is 0 Å². The minimum absolute atomic E-state index is 0.592. The average molecular weight is 437 g/mol. The van der Waals surface area contributed by atoms with Crippen LogP contribution in [0.4, 0.5) is 0 Å². The summed E-state index contributed by atoms with van der Waals surface area (Å²) in [7, 11) is 0. The molecule has 178 valence electrons. The topological polar surface area (TPSA) is 9.23 Å². The molecule has 1 nitrogen and oxygen atoms in total. The standard InChI is InChI=1S/C31H48O/c1-3-5-6-7-8-24-9-11-25(12-10-24)27-13-15-30-23-28(14-16-29(30)22-27)26-17-19-31(20-18-26)32-21-4-2/h4,17-20,24-25,27-30H,2-3,5-16,21-23H2,1H3. The number of ether oxygens (including phenoxy) is 1. The van der Waals surface area contributed by atoms with Crippen molar-refractivity contribution in [3.63, 3.8) is 0 Å². The molecule has 0 N–H and O–H groups in total. The number of hydrogen-bond donors (Lipinski definition) is 0. The van der Waals surface area contributed by atoms with Crippen molar-refractivity contribution in [1.29, 1.82) is 0 Å². The van der Waals surface area contributed by atoms with Crippen LogP contribution in [0.5, 0.6) is 5.75 Å². The van der Waals surface area contributed by atoms with Crippen LogP contribution in [0.15, 0.2) is 36.9 Å². The first-order valence-corrected chi connectivity index (χ1v) is 14.1. The Labute approximate surface area is 198 Å². The molecule has 3 aliphatic carbocycles. The maximum absolute atomic E-state index is 5.67. The molecule has 0 spiro atoms. The van der Waals surface area contributed by atoms with Gasteiger partial charge in [-0.15, -0.1) is 0 Å². The molecule has 1 aromatic carbocycles. The van der Waals surface area contributed by atoms with Crippen LogP contribution >= 0.6 is 0 Å². The summed E-state index contributed by atoms with van der Waals surface area (Å²) in [6, 6.07) is 8.94. The zero-order chi connectivity index (χ0) is 22.2. The zero-order valence-electron chi connectivity index (χ0n) is 20.8. The Hall–Kier alpha value is -1.24. The Morgan fingerprint density at radius 2 is 1.44 bits per heavy atom. The van der Waals surface area contributed by atoms with E-state index >= 15 is 0 Å². The number of hydrogen-bond acceptors (Lipinski definition) is 1. The molecule has 1 heteroatoms. The molecule has 1 aromatic rings. The highest BCUT2D eigenvalue weighted by Gasteiger charge is 2.39. The second-order valence-electron chi connectivity index (χ2n) is 11.4. The third-order valence-electron chi connectivity index (χ3n) is 9.40. The fraction of sp³-hybridized carbons (Fsp3) is 0.742. The van der Waals surface area contributed by atoms with Gasteiger partial charge in [0, 0.05) is 0 Å². The molecule has 3 aliphatic rings. The van der Waals surface area contributed by atoms with Crippen molar-refractivity contribution in [3.8, 4) is 5.75 Å². The average Bonchev–Trinajstić information content (AvgIpc) is 2.85. The third-order valence-corrected chi connectivity index (χ3v) is 9.40. The van der Waals surface area contributed by atoms with Crippen molar-refractivity contribution in [3.05, 3.63) is 42.5 Å². The van der Waals surface area contributed by atoms with Crippen LogP contribution in [0.2, 0.25) is 0 Å². The van der Waals surface area contributed by atoms with Gasteiger partial charge in [0.05, 0.1) is 0 Å². The van der Waals surface area contributed by atoms with Gasteiger partial charge in [-0.1, -0.05) is 76.7 Å². The lowest BCUT2D eigenvalue weighted by Gasteiger charge is -2.45.